The molecule has 1 heterocycles. The molecule has 2 N–H and O–H groups in total. The van der Waals surface area contributed by atoms with E-state index in [1.165, 1.54) is 24.0 Å². The monoisotopic (exact) mass is 325 g/mol. The van der Waals surface area contributed by atoms with Crippen LogP contribution in [0.5, 0.6) is 0 Å². The summed E-state index contributed by atoms with van der Waals surface area (Å²) in [7, 11) is 0. The number of hydrogen-bond acceptors (Lipinski definition) is 3. The number of anilines is 2. The molecule has 1 aliphatic carbocycles. The maximum atomic E-state index is 13.1. The number of benzene rings is 2. The van der Waals surface area contributed by atoms with E-state index in [0.717, 1.165) is 44.1 Å². The van der Waals surface area contributed by atoms with E-state index in [9.17, 15) is 4.39 Å². The van der Waals surface area contributed by atoms with Gasteiger partial charge in [-0.25, -0.2) is 4.39 Å². The topological polar surface area (TPSA) is 32.5 Å². The third-order valence-corrected chi connectivity index (χ3v) is 5.41. The maximum Gasteiger partial charge on any atom is 0.123 e. The normalized spacial score (nSPS) is 21.0. The Kier molecular flexibility index (Phi) is 4.15. The molecule has 2 aromatic rings. The zero-order valence-corrected chi connectivity index (χ0v) is 13.9. The Labute approximate surface area is 142 Å². The highest BCUT2D eigenvalue weighted by molar-refractivity contribution is 5.49. The van der Waals surface area contributed by atoms with Gasteiger partial charge in [-0.2, -0.15) is 0 Å². The van der Waals surface area contributed by atoms with E-state index in [0.29, 0.717) is 5.92 Å². The fourth-order valence-electron chi connectivity index (χ4n) is 4.05. The van der Waals surface area contributed by atoms with E-state index in [-0.39, 0.29) is 5.82 Å². The van der Waals surface area contributed by atoms with E-state index >= 15 is 0 Å². The first-order valence-corrected chi connectivity index (χ1v) is 8.80. The lowest BCUT2D eigenvalue weighted by molar-refractivity contribution is 0.241. The first kappa shape index (κ1) is 15.5. The predicted octanol–water partition coefficient (Wildman–Crippen LogP) is 3.26. The van der Waals surface area contributed by atoms with E-state index in [1.807, 2.05) is 18.2 Å². The molecule has 4 heteroatoms. The van der Waals surface area contributed by atoms with Crippen molar-refractivity contribution in [3.05, 3.63) is 59.4 Å². The van der Waals surface area contributed by atoms with Crippen molar-refractivity contribution in [1.82, 2.24) is 4.90 Å². The highest BCUT2D eigenvalue weighted by Crippen LogP contribution is 2.35. The van der Waals surface area contributed by atoms with Gasteiger partial charge in [0, 0.05) is 44.1 Å². The van der Waals surface area contributed by atoms with Crippen LogP contribution in [-0.4, -0.2) is 37.6 Å². The molecule has 0 spiro atoms. The van der Waals surface area contributed by atoms with Crippen molar-refractivity contribution in [3.8, 4) is 0 Å². The lowest BCUT2D eigenvalue weighted by Crippen LogP contribution is -2.47. The number of halogens is 1. The molecule has 1 atom stereocenters. The van der Waals surface area contributed by atoms with Crippen LogP contribution >= 0.6 is 0 Å². The molecule has 1 unspecified atom stereocenters. The predicted molar refractivity (Wildman–Crippen MR) is 97.0 cm³/mol. The number of nitrogens with zero attached hydrogens (tertiary/aromatic N) is 2. The Hall–Kier alpha value is -2.07. The first-order valence-electron chi connectivity index (χ1n) is 8.80. The standard InChI is InChI=1S/C20H24FN3/c21-17-4-7-19(8-5-17)24-11-9-23(10-12-24)14-16-2-1-15-3-6-18(22)13-20(15)16/h3-8,13,16H,1-2,9-12,14,22H2. The molecule has 1 fully saturated rings. The molecular formula is C20H24FN3. The second kappa shape index (κ2) is 6.44. The van der Waals surface area contributed by atoms with Crippen LogP contribution in [0.4, 0.5) is 15.8 Å². The lowest BCUT2D eigenvalue weighted by Gasteiger charge is -2.37. The molecule has 0 bridgehead atoms. The molecule has 24 heavy (non-hydrogen) atoms. The number of nitrogens with two attached hydrogens (primary N) is 1. The Morgan fingerprint density at radius 1 is 1.00 bits per heavy atom. The average Bonchev–Trinajstić information content (AvgIpc) is 2.98. The van der Waals surface area contributed by atoms with Crippen molar-refractivity contribution < 1.29 is 4.39 Å². The van der Waals surface area contributed by atoms with Gasteiger partial charge in [0.25, 0.3) is 0 Å². The molecule has 0 saturated carbocycles. The molecule has 1 saturated heterocycles. The van der Waals surface area contributed by atoms with Gasteiger partial charge in [-0.15, -0.1) is 0 Å². The largest absolute Gasteiger partial charge is 0.399 e. The minimum Gasteiger partial charge on any atom is -0.399 e. The average molecular weight is 325 g/mol. The third kappa shape index (κ3) is 3.11. The second-order valence-electron chi connectivity index (χ2n) is 6.96. The summed E-state index contributed by atoms with van der Waals surface area (Å²) in [6.45, 7) is 5.25. The van der Waals surface area contributed by atoms with Crippen LogP contribution in [-0.2, 0) is 6.42 Å². The van der Waals surface area contributed by atoms with Crippen molar-refractivity contribution in [2.24, 2.45) is 0 Å². The molecule has 2 aromatic carbocycles. The van der Waals surface area contributed by atoms with Crippen LogP contribution < -0.4 is 10.6 Å². The number of hydrogen-bond donors (Lipinski definition) is 1. The Morgan fingerprint density at radius 3 is 2.50 bits per heavy atom. The summed E-state index contributed by atoms with van der Waals surface area (Å²) in [6.07, 6.45) is 2.41. The van der Waals surface area contributed by atoms with Gasteiger partial charge in [0.1, 0.15) is 5.82 Å². The zero-order valence-electron chi connectivity index (χ0n) is 13.9. The van der Waals surface area contributed by atoms with E-state index in [4.69, 9.17) is 5.73 Å². The second-order valence-corrected chi connectivity index (χ2v) is 6.96. The number of piperazine rings is 1. The lowest BCUT2D eigenvalue weighted by atomic mass is 10.00. The molecule has 0 radical (unpaired) electrons. The molecule has 126 valence electrons. The molecule has 0 amide bonds. The summed E-state index contributed by atoms with van der Waals surface area (Å²) in [4.78, 5) is 4.90. The van der Waals surface area contributed by atoms with Crippen LogP contribution in [0.1, 0.15) is 23.5 Å². The Bertz CT molecular complexity index is 705. The van der Waals surface area contributed by atoms with Gasteiger partial charge < -0.3 is 10.6 Å². The van der Waals surface area contributed by atoms with Crippen molar-refractivity contribution in [1.29, 1.82) is 0 Å². The minimum absolute atomic E-state index is 0.170. The maximum absolute atomic E-state index is 13.1. The van der Waals surface area contributed by atoms with Crippen LogP contribution in [0.3, 0.4) is 0 Å². The SMILES string of the molecule is Nc1ccc2c(c1)C(CN1CCN(c3ccc(F)cc3)CC1)CC2. The van der Waals surface area contributed by atoms with E-state index in [1.54, 1.807) is 12.1 Å². The highest BCUT2D eigenvalue weighted by Gasteiger charge is 2.26. The molecule has 2 aliphatic rings. The summed E-state index contributed by atoms with van der Waals surface area (Å²) in [5, 5.41) is 0. The summed E-state index contributed by atoms with van der Waals surface area (Å²) in [5.41, 5.74) is 10.9. The van der Waals surface area contributed by atoms with Crippen LogP contribution in [0, 0.1) is 5.82 Å². The van der Waals surface area contributed by atoms with Crippen LogP contribution in [0.2, 0.25) is 0 Å². The highest BCUT2D eigenvalue weighted by atomic mass is 19.1. The molecule has 3 nitrogen and oxygen atoms in total. The Balaban J connectivity index is 1.36. The fraction of sp³-hybridized carbons (Fsp3) is 0.400. The Morgan fingerprint density at radius 2 is 1.75 bits per heavy atom. The summed E-state index contributed by atoms with van der Waals surface area (Å²) in [6, 6.07) is 13.2. The number of nitrogen functional groups attached to an aromatic ring is 1. The van der Waals surface area contributed by atoms with Crippen molar-refractivity contribution in [2.45, 2.75) is 18.8 Å². The van der Waals surface area contributed by atoms with Gasteiger partial charge in [-0.1, -0.05) is 6.07 Å². The van der Waals surface area contributed by atoms with Gasteiger partial charge in [0.05, 0.1) is 0 Å². The van der Waals surface area contributed by atoms with Crippen LogP contribution in [0.25, 0.3) is 0 Å². The van der Waals surface area contributed by atoms with Gasteiger partial charge in [-0.3, -0.25) is 4.90 Å². The van der Waals surface area contributed by atoms with E-state index < -0.39 is 0 Å². The third-order valence-electron chi connectivity index (χ3n) is 5.41. The fourth-order valence-corrected chi connectivity index (χ4v) is 4.05. The number of aryl methyl sites for hydroxylation is 1. The minimum atomic E-state index is -0.170. The van der Waals surface area contributed by atoms with Crippen molar-refractivity contribution in [3.63, 3.8) is 0 Å². The summed E-state index contributed by atoms with van der Waals surface area (Å²) in [5.74, 6) is 0.442. The number of fused-ring (bicyclic) bond motifs is 1. The van der Waals surface area contributed by atoms with Crippen LogP contribution in [0.15, 0.2) is 42.5 Å². The van der Waals surface area contributed by atoms with Crippen molar-refractivity contribution in [2.75, 3.05) is 43.4 Å². The van der Waals surface area contributed by atoms with Gasteiger partial charge in [0.15, 0.2) is 0 Å². The molecule has 0 aromatic heterocycles. The van der Waals surface area contributed by atoms with E-state index in [2.05, 4.69) is 21.9 Å². The first-order chi connectivity index (χ1) is 11.7. The number of rotatable bonds is 3. The zero-order chi connectivity index (χ0) is 16.5. The smallest absolute Gasteiger partial charge is 0.123 e. The summed E-state index contributed by atoms with van der Waals surface area (Å²) < 4.78 is 13.1. The molecule has 1 aliphatic heterocycles. The molecule has 4 rings (SSSR count). The van der Waals surface area contributed by atoms with Gasteiger partial charge >= 0.3 is 0 Å². The van der Waals surface area contributed by atoms with Crippen molar-refractivity contribution >= 4 is 11.4 Å². The quantitative estimate of drug-likeness (QED) is 0.879. The summed E-state index contributed by atoms with van der Waals surface area (Å²) >= 11 is 0. The van der Waals surface area contributed by atoms with Gasteiger partial charge in [0.2, 0.25) is 0 Å². The molecular weight excluding hydrogens is 301 g/mol. The van der Waals surface area contributed by atoms with Gasteiger partial charge in [-0.05, 0) is 66.3 Å².